The van der Waals surface area contributed by atoms with Crippen molar-refractivity contribution in [1.29, 1.82) is 0 Å². The summed E-state index contributed by atoms with van der Waals surface area (Å²) >= 11 is 0. The van der Waals surface area contributed by atoms with E-state index in [1.165, 1.54) is 0 Å². The molecule has 0 atom stereocenters. The zero-order valence-electron chi connectivity index (χ0n) is 22.3. The van der Waals surface area contributed by atoms with Crippen LogP contribution in [0.25, 0.3) is 11.2 Å². The Labute approximate surface area is 132 Å². The molecule has 0 aliphatic rings. The minimum atomic E-state index is -3.87. The number of carbonyl (C=O) groups is 1. The first-order valence-corrected chi connectivity index (χ1v) is 5.31. The Kier molecular flexibility index (Phi) is 1.44. The van der Waals surface area contributed by atoms with Crippen LogP contribution in [-0.2, 0) is 25.4 Å². The number of hydrogen-bond donors (Lipinski definition) is 0. The van der Waals surface area contributed by atoms with Crippen LogP contribution >= 0.6 is 0 Å². The molecule has 2 rings (SSSR count). The monoisotopic (exact) mass is 290 g/mol. The summed E-state index contributed by atoms with van der Waals surface area (Å²) in [6.45, 7) is -7.95. The molecule has 0 bridgehead atoms. The Morgan fingerprint density at radius 1 is 1.45 bits per heavy atom. The van der Waals surface area contributed by atoms with Gasteiger partial charge in [0.15, 0.2) is 11.2 Å². The molecule has 7 nitrogen and oxygen atoms in total. The van der Waals surface area contributed by atoms with Gasteiger partial charge >= 0.3 is 5.69 Å². The molecule has 0 aliphatic heterocycles. The minimum absolute atomic E-state index is 0.139. The number of nitrogens with zero attached hydrogens (tertiary/aromatic N) is 4. The third-order valence-electron chi connectivity index (χ3n) is 2.53. The van der Waals surface area contributed by atoms with E-state index in [-0.39, 0.29) is 10.2 Å². The summed E-state index contributed by atoms with van der Waals surface area (Å²) in [5.41, 5.74) is -3.53. The van der Waals surface area contributed by atoms with E-state index < -0.39 is 62.0 Å². The lowest BCUT2D eigenvalue weighted by molar-refractivity contribution is -0.117. The molecule has 0 unspecified atom stereocenters. The van der Waals surface area contributed by atoms with E-state index >= 15 is 0 Å². The third-order valence-corrected chi connectivity index (χ3v) is 2.53. The van der Waals surface area contributed by atoms with E-state index in [2.05, 4.69) is 4.98 Å². The summed E-state index contributed by atoms with van der Waals surface area (Å²) in [5.74, 6) is -2.20. The maximum absolute atomic E-state index is 12.9. The smallest absolute Gasteiger partial charge is 0.328 e. The Morgan fingerprint density at radius 3 is 2.95 bits per heavy atom. The minimum Gasteiger partial charge on any atom is -0.328 e. The van der Waals surface area contributed by atoms with E-state index in [1.807, 2.05) is 0 Å². The summed E-state index contributed by atoms with van der Waals surface area (Å²) in [5, 5.41) is 0. The van der Waals surface area contributed by atoms with E-state index in [4.69, 9.17) is 16.4 Å². The molecule has 7 heteroatoms. The standard InChI is InChI=1S/C13H18N4O3/c1-9(18)6-4-5-7-17-12(19)10-11(14-8-15(10)2)16(3)13(17)20/h8H,4-7H2,1-3H3/i1D3,2D3,4D2,5D2,6D2. The van der Waals surface area contributed by atoms with Crippen LogP contribution in [0.15, 0.2) is 15.9 Å². The molecule has 0 saturated carbocycles. The number of Topliss-reactive ketones (excluding diaryl/α,β-unsaturated/α-hetero) is 1. The Morgan fingerprint density at radius 2 is 2.25 bits per heavy atom. The Balaban J connectivity index is 2.72. The highest BCUT2D eigenvalue weighted by Gasteiger charge is 2.14. The Bertz CT molecular complexity index is 1180. The first kappa shape index (κ1) is 5.31. The number of aromatic nitrogens is 4. The van der Waals surface area contributed by atoms with Gasteiger partial charge in [-0.25, -0.2) is 9.78 Å². The van der Waals surface area contributed by atoms with Gasteiger partial charge in [-0.05, 0) is 19.6 Å². The highest BCUT2D eigenvalue weighted by atomic mass is 16.2. The highest BCUT2D eigenvalue weighted by molar-refractivity contribution is 5.75. The first-order valence-electron chi connectivity index (χ1n) is 11.3. The van der Waals surface area contributed by atoms with Gasteiger partial charge in [0.1, 0.15) is 5.78 Å². The van der Waals surface area contributed by atoms with Crippen molar-refractivity contribution in [3.8, 4) is 0 Å². The second-order valence-corrected chi connectivity index (χ2v) is 3.78. The summed E-state index contributed by atoms with van der Waals surface area (Å²) in [6.07, 6.45) is -10.4. The molecule has 0 aliphatic carbocycles. The normalized spacial score (nSPS) is 23.4. The number of rotatable bonds is 5. The number of hydrogen-bond acceptors (Lipinski definition) is 4. The molecule has 0 amide bonds. The maximum atomic E-state index is 12.9. The topological polar surface area (TPSA) is 78.9 Å². The average molecular weight is 290 g/mol. The van der Waals surface area contributed by atoms with Gasteiger partial charge in [-0.1, -0.05) is 0 Å². The maximum Gasteiger partial charge on any atom is 0.332 e. The van der Waals surface area contributed by atoms with Gasteiger partial charge in [-0.3, -0.25) is 13.9 Å². The van der Waals surface area contributed by atoms with Crippen molar-refractivity contribution in [2.24, 2.45) is 14.0 Å². The molecule has 0 radical (unpaired) electrons. The number of ketones is 1. The van der Waals surface area contributed by atoms with E-state index in [9.17, 15) is 14.4 Å². The largest absolute Gasteiger partial charge is 0.332 e. The fourth-order valence-corrected chi connectivity index (χ4v) is 1.63. The SMILES string of the molecule is [2H]C([2H])([2H])C(=O)C([2H])([2H])C([2H])([2H])C([2H])([2H])Cn1c(=O)c2c(ncn2C([2H])([2H])[2H])n(C)c1=O. The predicted molar refractivity (Wildman–Crippen MR) is 74.7 cm³/mol. The van der Waals surface area contributed by atoms with E-state index in [1.54, 1.807) is 0 Å². The molecule has 0 spiro atoms. The van der Waals surface area contributed by atoms with Crippen molar-refractivity contribution in [2.45, 2.75) is 32.5 Å². The van der Waals surface area contributed by atoms with Crippen LogP contribution in [0.5, 0.6) is 0 Å². The zero-order chi connectivity index (χ0) is 25.2. The fraction of sp³-hybridized carbons (Fsp3) is 0.538. The molecule has 108 valence electrons. The molecule has 0 fully saturated rings. The van der Waals surface area contributed by atoms with Gasteiger partial charge < -0.3 is 9.36 Å². The number of fused-ring (bicyclic) bond motifs is 1. The van der Waals surface area contributed by atoms with Crippen molar-refractivity contribution in [3.05, 3.63) is 27.2 Å². The number of carbonyl (C=O) groups excluding carboxylic acids is 1. The van der Waals surface area contributed by atoms with Crippen LogP contribution in [0.4, 0.5) is 0 Å². The first-order chi connectivity index (χ1) is 14.1. The third kappa shape index (κ3) is 2.43. The second-order valence-electron chi connectivity index (χ2n) is 3.78. The number of imidazole rings is 1. The molecule has 20 heavy (non-hydrogen) atoms. The van der Waals surface area contributed by atoms with Crippen LogP contribution in [0.3, 0.4) is 0 Å². The average Bonchev–Trinajstić information content (AvgIpc) is 3.07. The van der Waals surface area contributed by atoms with Crippen LogP contribution < -0.4 is 11.2 Å². The van der Waals surface area contributed by atoms with Gasteiger partial charge in [-0.2, -0.15) is 0 Å². The lowest BCUT2D eigenvalue weighted by atomic mass is 10.2. The predicted octanol–water partition coefficient (Wildman–Crippen LogP) is 0.193. The lowest BCUT2D eigenvalue weighted by Gasteiger charge is -2.08. The van der Waals surface area contributed by atoms with Crippen LogP contribution in [-0.4, -0.2) is 24.5 Å². The molecule has 2 aromatic rings. The Hall–Kier alpha value is -2.18. The van der Waals surface area contributed by atoms with Gasteiger partial charge in [0.05, 0.1) is 6.33 Å². The molecule has 0 aromatic carbocycles. The van der Waals surface area contributed by atoms with E-state index in [0.717, 1.165) is 13.4 Å². The quantitative estimate of drug-likeness (QED) is 0.787. The highest BCUT2D eigenvalue weighted by Crippen LogP contribution is 2.04. The van der Waals surface area contributed by atoms with Gasteiger partial charge in [-0.15, -0.1) is 0 Å². The molecular weight excluding hydrogens is 260 g/mol. The van der Waals surface area contributed by atoms with Gasteiger partial charge in [0, 0.05) is 43.4 Å². The summed E-state index contributed by atoms with van der Waals surface area (Å²) < 4.78 is 91.9. The molecule has 0 saturated heterocycles. The van der Waals surface area contributed by atoms with Gasteiger partial charge in [0.2, 0.25) is 0 Å². The zero-order valence-corrected chi connectivity index (χ0v) is 10.3. The van der Waals surface area contributed by atoms with Crippen molar-refractivity contribution < 1.29 is 21.2 Å². The molecule has 2 aromatic heterocycles. The van der Waals surface area contributed by atoms with Crippen LogP contribution in [0, 0.1) is 0 Å². The second kappa shape index (κ2) is 5.44. The van der Waals surface area contributed by atoms with Crippen molar-refractivity contribution in [3.63, 3.8) is 0 Å². The van der Waals surface area contributed by atoms with Crippen molar-refractivity contribution in [2.75, 3.05) is 0 Å². The van der Waals surface area contributed by atoms with Crippen LogP contribution in [0.1, 0.15) is 42.4 Å². The fourth-order valence-electron chi connectivity index (χ4n) is 1.63. The molecule has 0 N–H and O–H groups in total. The van der Waals surface area contributed by atoms with Crippen LogP contribution in [0.2, 0.25) is 0 Å². The number of aryl methyl sites for hydroxylation is 2. The lowest BCUT2D eigenvalue weighted by Crippen LogP contribution is -2.39. The van der Waals surface area contributed by atoms with Crippen molar-refractivity contribution >= 4 is 16.9 Å². The van der Waals surface area contributed by atoms with Gasteiger partial charge in [0.25, 0.3) is 5.56 Å². The van der Waals surface area contributed by atoms with Crippen molar-refractivity contribution in [1.82, 2.24) is 18.7 Å². The van der Waals surface area contributed by atoms with E-state index in [0.29, 0.717) is 9.13 Å². The summed E-state index contributed by atoms with van der Waals surface area (Å²) in [7, 11) is 1.10. The molecule has 2 heterocycles. The molecular formula is C13H18N4O3. The summed E-state index contributed by atoms with van der Waals surface area (Å²) in [6, 6.07) is 0. The summed E-state index contributed by atoms with van der Waals surface area (Å²) in [4.78, 5) is 41.1.